The minimum Gasteiger partial charge on any atom is -0.460 e. The minimum absolute atomic E-state index is 0. The third-order valence-corrected chi connectivity index (χ3v) is 3.61. The number of carbonyl (C=O) groups excluding carboxylic acids is 1. The van der Waals surface area contributed by atoms with Crippen LogP contribution in [0.5, 0.6) is 0 Å². The van der Waals surface area contributed by atoms with Crippen molar-refractivity contribution in [3.8, 4) is 11.4 Å². The number of esters is 1. The smallest absolute Gasteiger partial charge is 0.326 e. The van der Waals surface area contributed by atoms with Gasteiger partial charge < -0.3 is 9.30 Å². The average molecular weight is 387 g/mol. The van der Waals surface area contributed by atoms with Gasteiger partial charge in [-0.3, -0.25) is 4.79 Å². The summed E-state index contributed by atoms with van der Waals surface area (Å²) in [5.41, 5.74) is 3.93. The molecule has 3 rings (SSSR count). The highest BCUT2D eigenvalue weighted by molar-refractivity contribution is 8.93. The molecule has 0 aliphatic rings. The van der Waals surface area contributed by atoms with Crippen LogP contribution in [-0.2, 0) is 16.1 Å². The summed E-state index contributed by atoms with van der Waals surface area (Å²) in [6.07, 6.45) is 1.56. The Morgan fingerprint density at radius 1 is 1.21 bits per heavy atom. The average Bonchev–Trinajstić information content (AvgIpc) is 2.92. The molecule has 0 spiro atoms. The van der Waals surface area contributed by atoms with E-state index in [0.29, 0.717) is 0 Å². The van der Waals surface area contributed by atoms with Gasteiger partial charge in [0.15, 0.2) is 0 Å². The van der Waals surface area contributed by atoms with Gasteiger partial charge in [-0.05, 0) is 19.1 Å². The first-order valence-electron chi connectivity index (χ1n) is 7.48. The van der Waals surface area contributed by atoms with E-state index in [1.54, 1.807) is 6.08 Å². The zero-order chi connectivity index (χ0) is 16.2. The van der Waals surface area contributed by atoms with Gasteiger partial charge in [0.1, 0.15) is 19.0 Å². The molecule has 1 heterocycles. The maximum atomic E-state index is 12.0. The number of para-hydroxylation sites is 2. The van der Waals surface area contributed by atoms with E-state index in [0.717, 1.165) is 22.4 Å². The molecule has 3 aromatic rings. The van der Waals surface area contributed by atoms with E-state index in [9.17, 15) is 4.79 Å². The molecule has 0 saturated heterocycles. The summed E-state index contributed by atoms with van der Waals surface area (Å²) in [5, 5.41) is 0. The summed E-state index contributed by atoms with van der Waals surface area (Å²) in [6.45, 7) is 5.93. The standard InChI is InChI=1S/C19H18N2O2.BrH/c1-3-12-23-18(22)13-21-17-7-5-4-6-16(17)20-19(21)15-10-8-14(2)9-11-15;/h3-11H,1,12-13H2,2H3;1H. The molecule has 4 nitrogen and oxygen atoms in total. The lowest BCUT2D eigenvalue weighted by atomic mass is 10.1. The van der Waals surface area contributed by atoms with Crippen molar-refractivity contribution in [1.29, 1.82) is 0 Å². The molecule has 0 fully saturated rings. The minimum atomic E-state index is -0.304. The van der Waals surface area contributed by atoms with Gasteiger partial charge >= 0.3 is 5.97 Å². The normalized spacial score (nSPS) is 10.2. The topological polar surface area (TPSA) is 44.1 Å². The van der Waals surface area contributed by atoms with Crippen LogP contribution in [0.1, 0.15) is 5.56 Å². The van der Waals surface area contributed by atoms with Crippen LogP contribution in [0.4, 0.5) is 0 Å². The Bertz CT molecular complexity index is 853. The fourth-order valence-electron chi connectivity index (χ4n) is 2.49. The Morgan fingerprint density at radius 3 is 2.62 bits per heavy atom. The van der Waals surface area contributed by atoms with Gasteiger partial charge in [-0.25, -0.2) is 4.98 Å². The summed E-state index contributed by atoms with van der Waals surface area (Å²) >= 11 is 0. The van der Waals surface area contributed by atoms with Crippen molar-refractivity contribution < 1.29 is 9.53 Å². The third-order valence-electron chi connectivity index (χ3n) is 3.61. The van der Waals surface area contributed by atoms with E-state index in [2.05, 4.69) is 11.6 Å². The molecule has 1 aromatic heterocycles. The number of aromatic nitrogens is 2. The first-order chi connectivity index (χ1) is 11.2. The number of nitrogens with zero attached hydrogens (tertiary/aromatic N) is 2. The lowest BCUT2D eigenvalue weighted by Gasteiger charge is -2.09. The zero-order valence-electron chi connectivity index (χ0n) is 13.4. The SMILES string of the molecule is Br.C=CCOC(=O)Cn1c(-c2ccc(C)cc2)nc2ccccc21. The van der Waals surface area contributed by atoms with E-state index in [-0.39, 0.29) is 36.1 Å². The third kappa shape index (κ3) is 3.74. The second-order valence-electron chi connectivity index (χ2n) is 5.35. The molecule has 0 amide bonds. The van der Waals surface area contributed by atoms with Gasteiger partial charge in [-0.15, -0.1) is 17.0 Å². The maximum absolute atomic E-state index is 12.0. The first-order valence-corrected chi connectivity index (χ1v) is 7.48. The number of halogens is 1. The molecule has 124 valence electrons. The van der Waals surface area contributed by atoms with E-state index in [4.69, 9.17) is 4.74 Å². The van der Waals surface area contributed by atoms with Crippen LogP contribution < -0.4 is 0 Å². The molecule has 2 aromatic carbocycles. The highest BCUT2D eigenvalue weighted by Gasteiger charge is 2.15. The summed E-state index contributed by atoms with van der Waals surface area (Å²) in [4.78, 5) is 16.7. The van der Waals surface area contributed by atoms with Crippen LogP contribution in [0, 0.1) is 6.92 Å². The molecule has 0 atom stereocenters. The number of fused-ring (bicyclic) bond motifs is 1. The maximum Gasteiger partial charge on any atom is 0.326 e. The fraction of sp³-hybridized carbons (Fsp3) is 0.158. The quantitative estimate of drug-likeness (QED) is 0.484. The van der Waals surface area contributed by atoms with Crippen molar-refractivity contribution in [1.82, 2.24) is 9.55 Å². The van der Waals surface area contributed by atoms with E-state index in [1.165, 1.54) is 5.56 Å². The van der Waals surface area contributed by atoms with Gasteiger partial charge in [-0.2, -0.15) is 0 Å². The van der Waals surface area contributed by atoms with Crippen molar-refractivity contribution in [3.05, 3.63) is 66.7 Å². The number of imidazole rings is 1. The zero-order valence-corrected chi connectivity index (χ0v) is 15.1. The number of hydrogen-bond donors (Lipinski definition) is 0. The highest BCUT2D eigenvalue weighted by atomic mass is 79.9. The molecule has 0 bridgehead atoms. The molecule has 0 saturated carbocycles. The predicted octanol–water partition coefficient (Wildman–Crippen LogP) is 4.32. The second-order valence-corrected chi connectivity index (χ2v) is 5.35. The van der Waals surface area contributed by atoms with E-state index >= 15 is 0 Å². The van der Waals surface area contributed by atoms with E-state index in [1.807, 2.05) is 60.0 Å². The van der Waals surface area contributed by atoms with Crippen LogP contribution in [0.3, 0.4) is 0 Å². The molecule has 0 N–H and O–H groups in total. The molecule has 0 unspecified atom stereocenters. The van der Waals surface area contributed by atoms with Gasteiger partial charge in [0, 0.05) is 5.56 Å². The van der Waals surface area contributed by atoms with Crippen molar-refractivity contribution in [2.24, 2.45) is 0 Å². The van der Waals surface area contributed by atoms with Crippen molar-refractivity contribution in [3.63, 3.8) is 0 Å². The highest BCUT2D eigenvalue weighted by Crippen LogP contribution is 2.25. The molecule has 24 heavy (non-hydrogen) atoms. The number of aryl methyl sites for hydroxylation is 1. The summed E-state index contributed by atoms with van der Waals surface area (Å²) in [7, 11) is 0. The van der Waals surface area contributed by atoms with Gasteiger partial charge in [0.25, 0.3) is 0 Å². The summed E-state index contributed by atoms with van der Waals surface area (Å²) < 4.78 is 7.01. The second kappa shape index (κ2) is 7.93. The number of hydrogen-bond acceptors (Lipinski definition) is 3. The van der Waals surface area contributed by atoms with Gasteiger partial charge in [-0.1, -0.05) is 54.6 Å². The van der Waals surface area contributed by atoms with Crippen molar-refractivity contribution in [2.45, 2.75) is 13.5 Å². The Morgan fingerprint density at radius 2 is 1.92 bits per heavy atom. The molecular weight excluding hydrogens is 368 g/mol. The Labute approximate surface area is 151 Å². The Balaban J connectivity index is 0.00000208. The molecule has 0 aliphatic heterocycles. The van der Waals surface area contributed by atoms with Crippen LogP contribution in [0.15, 0.2) is 61.2 Å². The number of ether oxygens (including phenoxy) is 1. The molecular formula is C19H19BrN2O2. The first kappa shape index (κ1) is 17.9. The lowest BCUT2D eigenvalue weighted by Crippen LogP contribution is -2.14. The van der Waals surface area contributed by atoms with Gasteiger partial charge in [0.05, 0.1) is 11.0 Å². The van der Waals surface area contributed by atoms with Crippen molar-refractivity contribution >= 4 is 34.0 Å². The lowest BCUT2D eigenvalue weighted by molar-refractivity contribution is -0.142. The van der Waals surface area contributed by atoms with Crippen LogP contribution in [0.2, 0.25) is 0 Å². The summed E-state index contributed by atoms with van der Waals surface area (Å²) in [5.74, 6) is 0.461. The molecule has 0 radical (unpaired) electrons. The van der Waals surface area contributed by atoms with Crippen LogP contribution >= 0.6 is 17.0 Å². The summed E-state index contributed by atoms with van der Waals surface area (Å²) in [6, 6.07) is 15.9. The number of rotatable bonds is 5. The van der Waals surface area contributed by atoms with Crippen molar-refractivity contribution in [2.75, 3.05) is 6.61 Å². The Kier molecular flexibility index (Phi) is 5.93. The monoisotopic (exact) mass is 386 g/mol. The number of carbonyl (C=O) groups is 1. The predicted molar refractivity (Wildman–Crippen MR) is 101 cm³/mol. The largest absolute Gasteiger partial charge is 0.460 e. The Hall–Kier alpha value is -2.40. The molecule has 5 heteroatoms. The number of benzene rings is 2. The van der Waals surface area contributed by atoms with E-state index < -0.39 is 0 Å². The van der Waals surface area contributed by atoms with Gasteiger partial charge in [0.2, 0.25) is 0 Å². The van der Waals surface area contributed by atoms with Crippen LogP contribution in [-0.4, -0.2) is 22.1 Å². The fourth-order valence-corrected chi connectivity index (χ4v) is 2.49. The molecule has 0 aliphatic carbocycles. The van der Waals surface area contributed by atoms with Crippen LogP contribution in [0.25, 0.3) is 22.4 Å².